The average molecular weight is 290 g/mol. The van der Waals surface area contributed by atoms with Gasteiger partial charge in [-0.15, -0.1) is 11.3 Å². The zero-order valence-corrected chi connectivity index (χ0v) is 12.1. The summed E-state index contributed by atoms with van der Waals surface area (Å²) >= 11 is 1.60. The molecule has 5 nitrogen and oxygen atoms in total. The molecule has 0 spiro atoms. The summed E-state index contributed by atoms with van der Waals surface area (Å²) in [5.41, 5.74) is 1.75. The molecule has 2 heterocycles. The molecule has 1 amide bonds. The third-order valence-electron chi connectivity index (χ3n) is 3.45. The summed E-state index contributed by atoms with van der Waals surface area (Å²) in [6, 6.07) is 5.74. The van der Waals surface area contributed by atoms with E-state index in [2.05, 4.69) is 4.98 Å². The number of aryl methyl sites for hydroxylation is 1. The second-order valence-corrected chi connectivity index (χ2v) is 6.05. The van der Waals surface area contributed by atoms with Crippen LogP contribution in [-0.2, 0) is 14.3 Å². The van der Waals surface area contributed by atoms with Gasteiger partial charge in [-0.05, 0) is 25.1 Å². The number of carbonyl (C=O) groups excluding carboxylic acids is 2. The minimum Gasteiger partial charge on any atom is -0.469 e. The molecule has 0 radical (unpaired) electrons. The highest BCUT2D eigenvalue weighted by Gasteiger charge is 2.35. The summed E-state index contributed by atoms with van der Waals surface area (Å²) in [5, 5.41) is 0.998. The summed E-state index contributed by atoms with van der Waals surface area (Å²) < 4.78 is 5.76. The smallest absolute Gasteiger partial charge is 0.311 e. The molecule has 1 aromatic carbocycles. The number of hydrogen-bond donors (Lipinski definition) is 0. The van der Waals surface area contributed by atoms with Crippen LogP contribution in [0.3, 0.4) is 0 Å². The monoisotopic (exact) mass is 290 g/mol. The maximum Gasteiger partial charge on any atom is 0.311 e. The molecule has 2 aromatic rings. The number of esters is 1. The average Bonchev–Trinajstić information content (AvgIpc) is 2.98. The molecule has 0 saturated carbocycles. The van der Waals surface area contributed by atoms with Gasteiger partial charge in [0.05, 0.1) is 28.3 Å². The van der Waals surface area contributed by atoms with Crippen molar-refractivity contribution in [1.29, 1.82) is 0 Å². The van der Waals surface area contributed by atoms with Gasteiger partial charge in [0.15, 0.2) is 0 Å². The molecule has 0 unspecified atom stereocenters. The molecule has 1 aliphatic heterocycles. The van der Waals surface area contributed by atoms with Gasteiger partial charge in [0, 0.05) is 18.7 Å². The molecule has 0 N–H and O–H groups in total. The zero-order chi connectivity index (χ0) is 14.3. The standard InChI is InChI=1S/C14H14N2O3S/c1-8-15-11-4-3-10(6-12(11)20-8)16-7-9(5-13(16)17)14(18)19-2/h3-4,6,9H,5,7H2,1-2H3/t9-/m0/s1. The Morgan fingerprint density at radius 2 is 2.30 bits per heavy atom. The second-order valence-electron chi connectivity index (χ2n) is 4.81. The van der Waals surface area contributed by atoms with Crippen molar-refractivity contribution in [1.82, 2.24) is 4.98 Å². The Kier molecular flexibility index (Phi) is 3.17. The van der Waals surface area contributed by atoms with E-state index in [-0.39, 0.29) is 24.2 Å². The number of fused-ring (bicyclic) bond motifs is 1. The highest BCUT2D eigenvalue weighted by molar-refractivity contribution is 7.18. The largest absolute Gasteiger partial charge is 0.469 e. The van der Waals surface area contributed by atoms with Crippen LogP contribution < -0.4 is 4.90 Å². The van der Waals surface area contributed by atoms with Crippen LogP contribution in [0.4, 0.5) is 5.69 Å². The van der Waals surface area contributed by atoms with E-state index in [0.29, 0.717) is 6.54 Å². The number of benzene rings is 1. The lowest BCUT2D eigenvalue weighted by Gasteiger charge is -2.16. The van der Waals surface area contributed by atoms with Gasteiger partial charge in [-0.3, -0.25) is 9.59 Å². The van der Waals surface area contributed by atoms with Gasteiger partial charge >= 0.3 is 5.97 Å². The van der Waals surface area contributed by atoms with E-state index in [1.165, 1.54) is 7.11 Å². The molecule has 1 saturated heterocycles. The van der Waals surface area contributed by atoms with Gasteiger partial charge in [0.25, 0.3) is 0 Å². The van der Waals surface area contributed by atoms with E-state index in [4.69, 9.17) is 4.74 Å². The number of aromatic nitrogens is 1. The van der Waals surface area contributed by atoms with Crippen molar-refractivity contribution in [2.75, 3.05) is 18.6 Å². The molecule has 1 aliphatic rings. The number of rotatable bonds is 2. The molecule has 0 bridgehead atoms. The van der Waals surface area contributed by atoms with Gasteiger partial charge in [0.1, 0.15) is 0 Å². The van der Waals surface area contributed by atoms with Crippen molar-refractivity contribution >= 4 is 39.1 Å². The predicted octanol–water partition coefficient (Wildman–Crippen LogP) is 2.13. The summed E-state index contributed by atoms with van der Waals surface area (Å²) in [7, 11) is 1.35. The fraction of sp³-hybridized carbons (Fsp3) is 0.357. The van der Waals surface area contributed by atoms with Crippen LogP contribution in [0.2, 0.25) is 0 Å². The van der Waals surface area contributed by atoms with Gasteiger partial charge in [-0.1, -0.05) is 0 Å². The molecule has 1 aromatic heterocycles. The second kappa shape index (κ2) is 4.86. The summed E-state index contributed by atoms with van der Waals surface area (Å²) in [6.45, 7) is 2.34. The van der Waals surface area contributed by atoms with Crippen LogP contribution in [-0.4, -0.2) is 30.5 Å². The van der Waals surface area contributed by atoms with Gasteiger partial charge < -0.3 is 9.64 Å². The summed E-state index contributed by atoms with van der Waals surface area (Å²) in [5.74, 6) is -0.733. The molecule has 104 valence electrons. The molecule has 20 heavy (non-hydrogen) atoms. The highest BCUT2D eigenvalue weighted by Crippen LogP contribution is 2.30. The number of methoxy groups -OCH3 is 1. The van der Waals surface area contributed by atoms with Crippen molar-refractivity contribution in [3.05, 3.63) is 23.2 Å². The fourth-order valence-corrected chi connectivity index (χ4v) is 3.34. The molecule has 0 aliphatic carbocycles. The van der Waals surface area contributed by atoms with Crippen molar-refractivity contribution in [3.63, 3.8) is 0 Å². The first-order chi connectivity index (χ1) is 9.58. The maximum absolute atomic E-state index is 12.1. The molecular formula is C14H14N2O3S. The number of hydrogen-bond acceptors (Lipinski definition) is 5. The van der Waals surface area contributed by atoms with Crippen LogP contribution in [0, 0.1) is 12.8 Å². The van der Waals surface area contributed by atoms with Gasteiger partial charge in [-0.2, -0.15) is 0 Å². The van der Waals surface area contributed by atoms with Crippen LogP contribution in [0.1, 0.15) is 11.4 Å². The molecule has 1 fully saturated rings. The number of ether oxygens (including phenoxy) is 1. The molecular weight excluding hydrogens is 276 g/mol. The van der Waals surface area contributed by atoms with Crippen molar-refractivity contribution in [3.8, 4) is 0 Å². The maximum atomic E-state index is 12.1. The number of thiazole rings is 1. The minimum absolute atomic E-state index is 0.0408. The summed E-state index contributed by atoms with van der Waals surface area (Å²) in [4.78, 5) is 29.6. The Morgan fingerprint density at radius 1 is 1.50 bits per heavy atom. The van der Waals surface area contributed by atoms with Crippen LogP contribution in [0.15, 0.2) is 18.2 Å². The Hall–Kier alpha value is -1.95. The van der Waals surface area contributed by atoms with Gasteiger partial charge in [-0.25, -0.2) is 4.98 Å². The van der Waals surface area contributed by atoms with E-state index in [1.807, 2.05) is 25.1 Å². The highest BCUT2D eigenvalue weighted by atomic mass is 32.1. The Balaban J connectivity index is 1.90. The SMILES string of the molecule is COC(=O)[C@H]1CC(=O)N(c2ccc3nc(C)sc3c2)C1. The molecule has 1 atom stereocenters. The number of carbonyl (C=O) groups is 2. The van der Waals surface area contributed by atoms with E-state index in [9.17, 15) is 9.59 Å². The van der Waals surface area contributed by atoms with E-state index in [0.717, 1.165) is 20.9 Å². The lowest BCUT2D eigenvalue weighted by molar-refractivity contribution is -0.145. The van der Waals surface area contributed by atoms with E-state index < -0.39 is 0 Å². The van der Waals surface area contributed by atoms with Crippen molar-refractivity contribution in [2.24, 2.45) is 5.92 Å². The third kappa shape index (κ3) is 2.16. The van der Waals surface area contributed by atoms with Gasteiger partial charge in [0.2, 0.25) is 5.91 Å². The number of anilines is 1. The first kappa shape index (κ1) is 13.1. The van der Waals surface area contributed by atoms with Crippen molar-refractivity contribution in [2.45, 2.75) is 13.3 Å². The Labute approximate surface area is 120 Å². The van der Waals surface area contributed by atoms with Crippen LogP contribution in [0.25, 0.3) is 10.2 Å². The quantitative estimate of drug-likeness (QED) is 0.795. The van der Waals surface area contributed by atoms with E-state index in [1.54, 1.807) is 16.2 Å². The zero-order valence-electron chi connectivity index (χ0n) is 11.3. The Morgan fingerprint density at radius 3 is 3.05 bits per heavy atom. The first-order valence-corrected chi connectivity index (χ1v) is 7.15. The minimum atomic E-state index is -0.369. The van der Waals surface area contributed by atoms with E-state index >= 15 is 0 Å². The van der Waals surface area contributed by atoms with Crippen molar-refractivity contribution < 1.29 is 14.3 Å². The Bertz CT molecular complexity index is 695. The normalized spacial score (nSPS) is 18.8. The van der Waals surface area contributed by atoms with Crippen LogP contribution in [0.5, 0.6) is 0 Å². The summed E-state index contributed by atoms with van der Waals surface area (Å²) in [6.07, 6.45) is 0.215. The topological polar surface area (TPSA) is 59.5 Å². The van der Waals surface area contributed by atoms with Crippen LogP contribution >= 0.6 is 11.3 Å². The number of amides is 1. The fourth-order valence-electron chi connectivity index (χ4n) is 2.48. The first-order valence-electron chi connectivity index (χ1n) is 6.34. The lowest BCUT2D eigenvalue weighted by Crippen LogP contribution is -2.26. The lowest BCUT2D eigenvalue weighted by atomic mass is 10.1. The molecule has 3 rings (SSSR count). The third-order valence-corrected chi connectivity index (χ3v) is 4.38. The number of nitrogens with zero attached hydrogens (tertiary/aromatic N) is 2. The molecule has 6 heteroatoms. The predicted molar refractivity (Wildman–Crippen MR) is 76.8 cm³/mol.